The largest absolute Gasteiger partial charge is 0.433 e. The van der Waals surface area contributed by atoms with Crippen molar-refractivity contribution < 1.29 is 30.0 Å². The van der Waals surface area contributed by atoms with Gasteiger partial charge in [0, 0.05) is 10.7 Å². The average Bonchev–Trinajstić information content (AvgIpc) is 2.34. The summed E-state index contributed by atoms with van der Waals surface area (Å²) >= 11 is 0. The lowest BCUT2D eigenvalue weighted by Gasteiger charge is -2.09. The molecule has 0 spiro atoms. The van der Waals surface area contributed by atoms with Crippen LogP contribution in [0.1, 0.15) is 11.3 Å². The molecule has 6 nitrogen and oxygen atoms in total. The first-order valence-corrected chi connectivity index (χ1v) is 9.13. The van der Waals surface area contributed by atoms with Gasteiger partial charge in [0.25, 0.3) is 0 Å². The van der Waals surface area contributed by atoms with E-state index in [9.17, 15) is 30.0 Å². The number of nitrogens with zero attached hydrogens (tertiary/aromatic N) is 2. The van der Waals surface area contributed by atoms with Crippen molar-refractivity contribution in [3.05, 3.63) is 23.4 Å². The topological polar surface area (TPSA) is 105 Å². The number of hydrogen-bond acceptors (Lipinski definition) is 6. The third kappa shape index (κ3) is 4.83. The van der Waals surface area contributed by atoms with Crippen LogP contribution in [0.15, 0.2) is 17.2 Å². The van der Waals surface area contributed by atoms with E-state index in [0.29, 0.717) is 12.1 Å². The fourth-order valence-corrected chi connectivity index (χ4v) is 4.35. The maximum absolute atomic E-state index is 12.5. The number of alkyl halides is 3. The van der Waals surface area contributed by atoms with Gasteiger partial charge in [-0.15, -0.1) is 0 Å². The summed E-state index contributed by atoms with van der Waals surface area (Å²) in [6, 6.07) is 2.49. The van der Waals surface area contributed by atoms with Crippen LogP contribution in [-0.4, -0.2) is 33.3 Å². The van der Waals surface area contributed by atoms with Gasteiger partial charge in [-0.05, 0) is 12.1 Å². The van der Waals surface area contributed by atoms with E-state index in [1.54, 1.807) is 0 Å². The second kappa shape index (κ2) is 5.78. The Morgan fingerprint density at radius 1 is 1.19 bits per heavy atom. The molecule has 21 heavy (non-hydrogen) atoms. The molecule has 0 bridgehead atoms. The Bertz CT molecular complexity index is 797. The molecule has 1 aromatic rings. The summed E-state index contributed by atoms with van der Waals surface area (Å²) in [6.07, 6.45) is -4.91. The minimum Gasteiger partial charge on any atom is -0.230 e. The van der Waals surface area contributed by atoms with Gasteiger partial charge < -0.3 is 0 Å². The molecule has 12 heteroatoms. The molecule has 116 valence electrons. The van der Waals surface area contributed by atoms with Gasteiger partial charge in [-0.25, -0.2) is 21.8 Å². The minimum absolute atomic E-state index is 0.454. The lowest BCUT2D eigenvalue weighted by Crippen LogP contribution is -2.19. The second-order valence-electron chi connectivity index (χ2n) is 3.72. The third-order valence-corrected chi connectivity index (χ3v) is 5.22. The molecule has 0 aliphatic rings. The summed E-state index contributed by atoms with van der Waals surface area (Å²) in [4.78, 5) is 2.91. The molecular formula is C9H6ClF3N2O4S2. The van der Waals surface area contributed by atoms with E-state index >= 15 is 0 Å². The smallest absolute Gasteiger partial charge is 0.230 e. The third-order valence-electron chi connectivity index (χ3n) is 2.16. The predicted octanol–water partition coefficient (Wildman–Crippen LogP) is 1.31. The van der Waals surface area contributed by atoms with Crippen LogP contribution >= 0.6 is 10.7 Å². The predicted molar refractivity (Wildman–Crippen MR) is 65.6 cm³/mol. The van der Waals surface area contributed by atoms with E-state index in [2.05, 4.69) is 4.98 Å². The molecule has 0 aliphatic heterocycles. The number of pyridine rings is 1. The first kappa shape index (κ1) is 17.7. The van der Waals surface area contributed by atoms with Gasteiger partial charge in [0.05, 0.1) is 17.1 Å². The van der Waals surface area contributed by atoms with Crippen molar-refractivity contribution in [3.63, 3.8) is 0 Å². The summed E-state index contributed by atoms with van der Waals surface area (Å²) in [7, 11) is -3.83. The lowest BCUT2D eigenvalue weighted by atomic mass is 10.2. The molecule has 1 heterocycles. The van der Waals surface area contributed by atoms with Crippen LogP contribution < -0.4 is 0 Å². The lowest BCUT2D eigenvalue weighted by molar-refractivity contribution is -0.141. The second-order valence-corrected chi connectivity index (χ2v) is 8.64. The number of aromatic nitrogens is 1. The molecule has 0 N–H and O–H groups in total. The molecule has 0 atom stereocenters. The highest BCUT2D eigenvalue weighted by atomic mass is 35.7. The molecule has 0 saturated heterocycles. The maximum atomic E-state index is 12.5. The average molecular weight is 363 g/mol. The molecule has 0 unspecified atom stereocenters. The zero-order valence-corrected chi connectivity index (χ0v) is 12.3. The molecule has 0 amide bonds. The Hall–Kier alpha value is -1.38. The Morgan fingerprint density at radius 2 is 1.76 bits per heavy atom. The van der Waals surface area contributed by atoms with Crippen LogP contribution in [0, 0.1) is 11.3 Å². The van der Waals surface area contributed by atoms with Crippen LogP contribution in [-0.2, 0) is 25.1 Å². The highest BCUT2D eigenvalue weighted by molar-refractivity contribution is 8.14. The summed E-state index contributed by atoms with van der Waals surface area (Å²) in [5, 5.41) is 7.60. The first-order valence-electron chi connectivity index (χ1n) is 5.00. The Kier molecular flexibility index (Phi) is 4.87. The van der Waals surface area contributed by atoms with Gasteiger partial charge in [-0.2, -0.15) is 18.4 Å². The highest BCUT2D eigenvalue weighted by Gasteiger charge is 2.35. The minimum atomic E-state index is -4.91. The molecule has 0 aromatic carbocycles. The number of sulfone groups is 1. The molecule has 0 saturated carbocycles. The van der Waals surface area contributed by atoms with Crippen LogP contribution in [0.3, 0.4) is 0 Å². The fraction of sp³-hybridized carbons (Fsp3) is 0.333. The van der Waals surface area contributed by atoms with Crippen LogP contribution in [0.4, 0.5) is 13.2 Å². The molecule has 0 aliphatic carbocycles. The number of rotatable bonds is 4. The van der Waals surface area contributed by atoms with E-state index in [0.717, 1.165) is 0 Å². The molecular weight excluding hydrogens is 357 g/mol. The zero-order valence-electron chi connectivity index (χ0n) is 9.92. The number of hydrogen-bond donors (Lipinski definition) is 0. The van der Waals surface area contributed by atoms with Crippen molar-refractivity contribution in [2.24, 2.45) is 0 Å². The van der Waals surface area contributed by atoms with Crippen molar-refractivity contribution in [2.45, 2.75) is 11.2 Å². The highest BCUT2D eigenvalue weighted by Crippen LogP contribution is 2.29. The van der Waals surface area contributed by atoms with Gasteiger partial charge in [0.1, 0.15) is 11.8 Å². The zero-order chi connectivity index (χ0) is 16.5. The van der Waals surface area contributed by atoms with E-state index in [1.807, 2.05) is 0 Å². The number of halogens is 4. The van der Waals surface area contributed by atoms with Gasteiger partial charge in [0.2, 0.25) is 9.05 Å². The van der Waals surface area contributed by atoms with Crippen molar-refractivity contribution in [1.82, 2.24) is 4.98 Å². The van der Waals surface area contributed by atoms with Crippen LogP contribution in [0.2, 0.25) is 0 Å². The van der Waals surface area contributed by atoms with E-state index in [1.165, 1.54) is 6.07 Å². The van der Waals surface area contributed by atoms with E-state index in [4.69, 9.17) is 15.9 Å². The maximum Gasteiger partial charge on any atom is 0.433 e. The summed E-state index contributed by atoms with van der Waals surface area (Å²) in [5.74, 6) is -2.10. The van der Waals surface area contributed by atoms with Crippen molar-refractivity contribution >= 4 is 29.6 Å². The fourth-order valence-electron chi connectivity index (χ4n) is 1.23. The van der Waals surface area contributed by atoms with Gasteiger partial charge >= 0.3 is 6.18 Å². The quantitative estimate of drug-likeness (QED) is 0.748. The molecule has 0 radical (unpaired) electrons. The summed E-state index contributed by atoms with van der Waals surface area (Å²) in [6.45, 7) is 0. The standard InChI is InChI=1S/C9H6ClF3N2O4S2/c10-21(18,19)4-3-20(16,17)8-6(5-14)1-2-7(15-8)9(11,12)13/h1-2H,3-4H2. The summed E-state index contributed by atoms with van der Waals surface area (Å²) in [5.41, 5.74) is -2.12. The van der Waals surface area contributed by atoms with Gasteiger partial charge in [-0.1, -0.05) is 0 Å². The normalized spacial score (nSPS) is 12.9. The van der Waals surface area contributed by atoms with Gasteiger partial charge in [-0.3, -0.25) is 0 Å². The molecule has 1 rings (SSSR count). The van der Waals surface area contributed by atoms with Crippen molar-refractivity contribution in [2.75, 3.05) is 11.5 Å². The van der Waals surface area contributed by atoms with Crippen molar-refractivity contribution in [3.8, 4) is 6.07 Å². The first-order chi connectivity index (χ1) is 9.37. The van der Waals surface area contributed by atoms with E-state index < -0.39 is 52.9 Å². The Morgan fingerprint density at radius 3 is 2.19 bits per heavy atom. The summed E-state index contributed by atoms with van der Waals surface area (Å²) < 4.78 is 82.6. The van der Waals surface area contributed by atoms with Gasteiger partial charge in [0.15, 0.2) is 14.9 Å². The van der Waals surface area contributed by atoms with Crippen LogP contribution in [0.25, 0.3) is 0 Å². The molecule has 1 aromatic heterocycles. The monoisotopic (exact) mass is 362 g/mol. The van der Waals surface area contributed by atoms with Crippen LogP contribution in [0.5, 0.6) is 0 Å². The Balaban J connectivity index is 3.37. The van der Waals surface area contributed by atoms with Crippen molar-refractivity contribution in [1.29, 1.82) is 5.26 Å². The van der Waals surface area contributed by atoms with E-state index in [-0.39, 0.29) is 0 Å². The SMILES string of the molecule is N#Cc1ccc(C(F)(F)F)nc1S(=O)(=O)CCS(=O)(=O)Cl. The Labute approximate surface area is 122 Å². The number of nitriles is 1. The molecule has 0 fully saturated rings.